The lowest BCUT2D eigenvalue weighted by atomic mass is 9.98. The molecule has 1 N–H and O–H groups in total. The van der Waals surface area contributed by atoms with E-state index in [0.717, 1.165) is 29.7 Å². The molecule has 0 spiro atoms. The molecular formula is C14H20BrNO2. The van der Waals surface area contributed by atoms with Gasteiger partial charge in [-0.25, -0.2) is 0 Å². The third-order valence-electron chi connectivity index (χ3n) is 3.44. The average Bonchev–Trinajstić information content (AvgIpc) is 2.88. The smallest absolute Gasteiger partial charge is 0.123 e. The summed E-state index contributed by atoms with van der Waals surface area (Å²) in [6.45, 7) is 0.900. The SMILES string of the molecule is CNC(CC1CCCO1)c1cc(Br)ccc1OC. The van der Waals surface area contributed by atoms with Crippen molar-refractivity contribution in [2.24, 2.45) is 0 Å². The summed E-state index contributed by atoms with van der Waals surface area (Å²) in [6, 6.07) is 6.38. The molecule has 1 aromatic rings. The third-order valence-corrected chi connectivity index (χ3v) is 3.93. The molecule has 2 unspecified atom stereocenters. The van der Waals surface area contributed by atoms with E-state index in [1.54, 1.807) is 7.11 Å². The van der Waals surface area contributed by atoms with Gasteiger partial charge in [-0.15, -0.1) is 0 Å². The molecule has 4 heteroatoms. The molecule has 18 heavy (non-hydrogen) atoms. The van der Waals surface area contributed by atoms with Crippen LogP contribution in [0, 0.1) is 0 Å². The Labute approximate surface area is 117 Å². The van der Waals surface area contributed by atoms with Gasteiger partial charge in [0.1, 0.15) is 5.75 Å². The van der Waals surface area contributed by atoms with Gasteiger partial charge in [-0.05, 0) is 44.5 Å². The van der Waals surface area contributed by atoms with Crippen molar-refractivity contribution in [1.82, 2.24) is 5.32 Å². The summed E-state index contributed by atoms with van der Waals surface area (Å²) in [7, 11) is 3.70. The van der Waals surface area contributed by atoms with E-state index in [1.165, 1.54) is 12.0 Å². The van der Waals surface area contributed by atoms with Crippen LogP contribution in [0.25, 0.3) is 0 Å². The second-order valence-corrected chi connectivity index (χ2v) is 5.51. The second-order valence-electron chi connectivity index (χ2n) is 4.60. The van der Waals surface area contributed by atoms with E-state index < -0.39 is 0 Å². The van der Waals surface area contributed by atoms with Gasteiger partial charge in [0.15, 0.2) is 0 Å². The highest BCUT2D eigenvalue weighted by Crippen LogP contribution is 2.32. The maximum absolute atomic E-state index is 5.72. The Hall–Kier alpha value is -0.580. The van der Waals surface area contributed by atoms with Gasteiger partial charge in [-0.1, -0.05) is 15.9 Å². The van der Waals surface area contributed by atoms with Crippen molar-refractivity contribution in [2.45, 2.75) is 31.4 Å². The highest BCUT2D eigenvalue weighted by Gasteiger charge is 2.23. The van der Waals surface area contributed by atoms with E-state index in [-0.39, 0.29) is 6.04 Å². The molecule has 0 radical (unpaired) electrons. The number of rotatable bonds is 5. The molecule has 0 aromatic heterocycles. The highest BCUT2D eigenvalue weighted by atomic mass is 79.9. The van der Waals surface area contributed by atoms with Gasteiger partial charge >= 0.3 is 0 Å². The van der Waals surface area contributed by atoms with Crippen LogP contribution in [0.1, 0.15) is 30.9 Å². The molecule has 1 aliphatic heterocycles. The Kier molecular flexibility index (Phi) is 5.03. The summed E-state index contributed by atoms with van der Waals surface area (Å²) in [5.41, 5.74) is 1.19. The van der Waals surface area contributed by atoms with E-state index in [0.29, 0.717) is 6.10 Å². The largest absolute Gasteiger partial charge is 0.496 e. The standard InChI is InChI=1S/C14H20BrNO2/c1-16-13(9-11-4-3-7-18-11)12-8-10(15)5-6-14(12)17-2/h5-6,8,11,13,16H,3-4,7,9H2,1-2H3. The van der Waals surface area contributed by atoms with Crippen molar-refractivity contribution in [3.8, 4) is 5.75 Å². The van der Waals surface area contributed by atoms with Gasteiger partial charge in [-0.2, -0.15) is 0 Å². The highest BCUT2D eigenvalue weighted by molar-refractivity contribution is 9.10. The first-order chi connectivity index (χ1) is 8.74. The zero-order valence-electron chi connectivity index (χ0n) is 10.9. The molecule has 1 heterocycles. The van der Waals surface area contributed by atoms with Crippen LogP contribution >= 0.6 is 15.9 Å². The fourth-order valence-corrected chi connectivity index (χ4v) is 2.85. The van der Waals surface area contributed by atoms with E-state index in [4.69, 9.17) is 9.47 Å². The van der Waals surface area contributed by atoms with Crippen molar-refractivity contribution in [3.63, 3.8) is 0 Å². The van der Waals surface area contributed by atoms with Crippen molar-refractivity contribution < 1.29 is 9.47 Å². The minimum Gasteiger partial charge on any atom is -0.496 e. The molecule has 0 saturated carbocycles. The van der Waals surface area contributed by atoms with Gasteiger partial charge in [0, 0.05) is 22.7 Å². The van der Waals surface area contributed by atoms with Crippen LogP contribution in [0.5, 0.6) is 5.75 Å². The van der Waals surface area contributed by atoms with Gasteiger partial charge in [0.05, 0.1) is 13.2 Å². The average molecular weight is 314 g/mol. The lowest BCUT2D eigenvalue weighted by Crippen LogP contribution is -2.22. The topological polar surface area (TPSA) is 30.5 Å². The van der Waals surface area contributed by atoms with Crippen LogP contribution in [0.4, 0.5) is 0 Å². The Morgan fingerprint density at radius 3 is 3.00 bits per heavy atom. The van der Waals surface area contributed by atoms with Crippen molar-refractivity contribution in [3.05, 3.63) is 28.2 Å². The molecule has 2 atom stereocenters. The Balaban J connectivity index is 2.17. The lowest BCUT2D eigenvalue weighted by Gasteiger charge is -2.22. The van der Waals surface area contributed by atoms with Crippen molar-refractivity contribution >= 4 is 15.9 Å². The minimum absolute atomic E-state index is 0.264. The van der Waals surface area contributed by atoms with Crippen molar-refractivity contribution in [1.29, 1.82) is 0 Å². The van der Waals surface area contributed by atoms with Crippen LogP contribution in [0.3, 0.4) is 0 Å². The van der Waals surface area contributed by atoms with Crippen LogP contribution in [0.15, 0.2) is 22.7 Å². The van der Waals surface area contributed by atoms with E-state index >= 15 is 0 Å². The molecule has 1 aromatic carbocycles. The predicted octanol–water partition coefficient (Wildman–Crippen LogP) is 3.29. The zero-order chi connectivity index (χ0) is 13.0. The van der Waals surface area contributed by atoms with E-state index in [2.05, 4.69) is 27.3 Å². The Bertz CT molecular complexity index is 391. The second kappa shape index (κ2) is 6.55. The lowest BCUT2D eigenvalue weighted by molar-refractivity contribution is 0.0951. The molecule has 0 bridgehead atoms. The Morgan fingerprint density at radius 2 is 2.39 bits per heavy atom. The first-order valence-corrected chi connectivity index (χ1v) is 7.16. The summed E-state index contributed by atoms with van der Waals surface area (Å²) in [6.07, 6.45) is 3.69. The molecule has 1 saturated heterocycles. The molecule has 0 amide bonds. The molecule has 1 fully saturated rings. The van der Waals surface area contributed by atoms with Crippen LogP contribution in [0.2, 0.25) is 0 Å². The maximum atomic E-state index is 5.72. The summed E-state index contributed by atoms with van der Waals surface area (Å²) >= 11 is 3.52. The molecule has 2 rings (SSSR count). The number of ether oxygens (including phenoxy) is 2. The number of halogens is 1. The predicted molar refractivity (Wildman–Crippen MR) is 76.1 cm³/mol. The summed E-state index contributed by atoms with van der Waals surface area (Å²) in [5.74, 6) is 0.926. The minimum atomic E-state index is 0.264. The van der Waals surface area contributed by atoms with Crippen LogP contribution in [-0.2, 0) is 4.74 Å². The molecule has 3 nitrogen and oxygen atoms in total. The summed E-state index contributed by atoms with van der Waals surface area (Å²) in [5, 5.41) is 3.37. The monoisotopic (exact) mass is 313 g/mol. The molecule has 100 valence electrons. The summed E-state index contributed by atoms with van der Waals surface area (Å²) in [4.78, 5) is 0. The number of nitrogens with one attached hydrogen (secondary N) is 1. The number of hydrogen-bond donors (Lipinski definition) is 1. The molecule has 1 aliphatic rings. The molecular weight excluding hydrogens is 294 g/mol. The fourth-order valence-electron chi connectivity index (χ4n) is 2.47. The van der Waals surface area contributed by atoms with E-state index in [1.807, 2.05) is 19.2 Å². The van der Waals surface area contributed by atoms with Crippen molar-refractivity contribution in [2.75, 3.05) is 20.8 Å². The molecule has 0 aliphatic carbocycles. The quantitative estimate of drug-likeness (QED) is 0.905. The van der Waals surface area contributed by atoms with Gasteiger partial charge in [-0.3, -0.25) is 0 Å². The number of benzene rings is 1. The first-order valence-electron chi connectivity index (χ1n) is 6.37. The van der Waals surface area contributed by atoms with Crippen LogP contribution in [-0.4, -0.2) is 26.9 Å². The van der Waals surface area contributed by atoms with E-state index in [9.17, 15) is 0 Å². The maximum Gasteiger partial charge on any atom is 0.123 e. The number of methoxy groups -OCH3 is 1. The Morgan fingerprint density at radius 1 is 1.56 bits per heavy atom. The number of hydrogen-bond acceptors (Lipinski definition) is 3. The van der Waals surface area contributed by atoms with Gasteiger partial charge in [0.25, 0.3) is 0 Å². The van der Waals surface area contributed by atoms with Gasteiger partial charge < -0.3 is 14.8 Å². The third kappa shape index (κ3) is 3.25. The fraction of sp³-hybridized carbons (Fsp3) is 0.571. The van der Waals surface area contributed by atoms with Crippen LogP contribution < -0.4 is 10.1 Å². The first kappa shape index (κ1) is 13.8. The summed E-state index contributed by atoms with van der Waals surface area (Å²) < 4.78 is 12.2. The van der Waals surface area contributed by atoms with Gasteiger partial charge in [0.2, 0.25) is 0 Å². The zero-order valence-corrected chi connectivity index (χ0v) is 12.5. The normalized spacial score (nSPS) is 20.9.